The number of ether oxygens (including phenoxy) is 4. The molecule has 0 fully saturated rings. The largest absolute Gasteiger partial charge is 0.499 e. The second-order valence-corrected chi connectivity index (χ2v) is 11.7. The Morgan fingerprint density at radius 1 is 0.630 bits per heavy atom. The van der Waals surface area contributed by atoms with Crippen LogP contribution in [0.2, 0.25) is 0 Å². The molecule has 1 aliphatic rings. The van der Waals surface area contributed by atoms with Crippen molar-refractivity contribution in [2.75, 3.05) is 26.4 Å². The van der Waals surface area contributed by atoms with E-state index >= 15 is 0 Å². The number of benzene rings is 4. The number of rotatable bonds is 14. The van der Waals surface area contributed by atoms with Crippen molar-refractivity contribution in [2.45, 2.75) is 51.7 Å². The molecule has 2 unspecified atom stereocenters. The van der Waals surface area contributed by atoms with Gasteiger partial charge in [0.15, 0.2) is 0 Å². The molecule has 240 valence electrons. The Kier molecular flexibility index (Phi) is 10.8. The molecule has 0 bridgehead atoms. The molecular weight excluding hydrogens is 576 g/mol. The lowest BCUT2D eigenvalue weighted by molar-refractivity contribution is 0.0461. The summed E-state index contributed by atoms with van der Waals surface area (Å²) in [6, 6.07) is 30.1. The van der Waals surface area contributed by atoms with E-state index in [4.69, 9.17) is 18.9 Å². The molecule has 2 atom stereocenters. The zero-order chi connectivity index (χ0) is 32.5. The van der Waals surface area contributed by atoms with E-state index in [1.54, 1.807) is 24.7 Å². The highest BCUT2D eigenvalue weighted by Crippen LogP contribution is 2.51. The summed E-state index contributed by atoms with van der Waals surface area (Å²) >= 11 is 0. The molecule has 1 aliphatic carbocycles. The van der Waals surface area contributed by atoms with Crippen molar-refractivity contribution in [1.82, 2.24) is 0 Å². The molecule has 5 rings (SSSR count). The third-order valence-electron chi connectivity index (χ3n) is 8.34. The highest BCUT2D eigenvalue weighted by atomic mass is 16.5. The topological polar surface area (TPSA) is 77.4 Å². The van der Waals surface area contributed by atoms with Crippen molar-refractivity contribution in [1.29, 1.82) is 0 Å². The Balaban J connectivity index is 1.56. The Labute approximate surface area is 272 Å². The zero-order valence-electron chi connectivity index (χ0n) is 27.1. The second-order valence-electron chi connectivity index (χ2n) is 11.7. The predicted molar refractivity (Wildman–Crippen MR) is 182 cm³/mol. The number of hydrogen-bond acceptors (Lipinski definition) is 6. The molecule has 0 aromatic heterocycles. The minimum absolute atomic E-state index is 0.130. The molecule has 0 amide bonds. The first-order valence-electron chi connectivity index (χ1n) is 15.8. The van der Waals surface area contributed by atoms with E-state index in [-0.39, 0.29) is 26.4 Å². The van der Waals surface area contributed by atoms with Gasteiger partial charge in [-0.2, -0.15) is 0 Å². The summed E-state index contributed by atoms with van der Waals surface area (Å²) in [6.45, 7) is 8.41. The monoisotopic (exact) mass is 620 g/mol. The van der Waals surface area contributed by atoms with Crippen LogP contribution in [-0.2, 0) is 21.3 Å². The van der Waals surface area contributed by atoms with Crippen LogP contribution < -0.4 is 9.47 Å². The fourth-order valence-electron chi connectivity index (χ4n) is 6.30. The Morgan fingerprint density at radius 3 is 1.48 bits per heavy atom. The summed E-state index contributed by atoms with van der Waals surface area (Å²) in [5, 5.41) is 20.7. The van der Waals surface area contributed by atoms with Gasteiger partial charge in [0, 0.05) is 0 Å². The third-order valence-corrected chi connectivity index (χ3v) is 8.34. The molecule has 0 heterocycles. The number of aliphatic hydroxyl groups excluding tert-OH is 2. The van der Waals surface area contributed by atoms with E-state index in [0.717, 1.165) is 40.2 Å². The van der Waals surface area contributed by atoms with Gasteiger partial charge in [0.1, 0.15) is 50.1 Å². The van der Waals surface area contributed by atoms with Crippen LogP contribution in [0.4, 0.5) is 0 Å². The molecule has 0 radical (unpaired) electrons. The van der Waals surface area contributed by atoms with Gasteiger partial charge in [-0.3, -0.25) is 0 Å². The van der Waals surface area contributed by atoms with Crippen molar-refractivity contribution in [3.05, 3.63) is 154 Å². The summed E-state index contributed by atoms with van der Waals surface area (Å²) in [4.78, 5) is 0. The summed E-state index contributed by atoms with van der Waals surface area (Å²) in [7, 11) is 0. The van der Waals surface area contributed by atoms with E-state index in [1.165, 1.54) is 22.3 Å². The molecule has 2 N–H and O–H groups in total. The van der Waals surface area contributed by atoms with Crippen molar-refractivity contribution in [2.24, 2.45) is 0 Å². The molecule has 0 saturated carbocycles. The van der Waals surface area contributed by atoms with Gasteiger partial charge in [-0.25, -0.2) is 0 Å². The van der Waals surface area contributed by atoms with Gasteiger partial charge in [-0.05, 0) is 90.8 Å². The Hall–Kier alpha value is -4.52. The van der Waals surface area contributed by atoms with Gasteiger partial charge >= 0.3 is 0 Å². The van der Waals surface area contributed by atoms with Crippen LogP contribution in [0.25, 0.3) is 0 Å². The molecule has 0 saturated heterocycles. The Bertz CT molecular complexity index is 1550. The van der Waals surface area contributed by atoms with Crippen LogP contribution >= 0.6 is 0 Å². The summed E-state index contributed by atoms with van der Waals surface area (Å²) in [5.41, 5.74) is 8.64. The van der Waals surface area contributed by atoms with Crippen molar-refractivity contribution in [3.8, 4) is 11.5 Å². The van der Waals surface area contributed by atoms with Gasteiger partial charge in [0.05, 0.1) is 17.9 Å². The van der Waals surface area contributed by atoms with Crippen LogP contribution in [0.1, 0.15) is 58.4 Å². The van der Waals surface area contributed by atoms with Crippen LogP contribution in [-0.4, -0.2) is 48.8 Å². The quantitative estimate of drug-likeness (QED) is 0.128. The average Bonchev–Trinajstić information content (AvgIpc) is 3.06. The van der Waals surface area contributed by atoms with Crippen molar-refractivity contribution < 1.29 is 29.2 Å². The third kappa shape index (κ3) is 6.99. The molecule has 6 heteroatoms. The van der Waals surface area contributed by atoms with Crippen LogP contribution in [0, 0.1) is 13.8 Å². The van der Waals surface area contributed by atoms with Crippen LogP contribution in [0.5, 0.6) is 11.5 Å². The van der Waals surface area contributed by atoms with Gasteiger partial charge in [0.25, 0.3) is 0 Å². The van der Waals surface area contributed by atoms with Gasteiger partial charge in [-0.15, -0.1) is 0 Å². The molecule has 4 aromatic rings. The van der Waals surface area contributed by atoms with Gasteiger partial charge in [-0.1, -0.05) is 84.9 Å². The van der Waals surface area contributed by atoms with Gasteiger partial charge < -0.3 is 29.2 Å². The number of hydrogen-bond donors (Lipinski definition) is 2. The smallest absolute Gasteiger partial charge is 0.122 e. The molecular formula is C40H44O6. The minimum Gasteiger partial charge on any atom is -0.499 e. The molecule has 6 nitrogen and oxygen atoms in total. The highest BCUT2D eigenvalue weighted by Gasteiger charge is 2.44. The first kappa shape index (κ1) is 32.9. The standard InChI is InChI=1S/C40H44O6/c1-5-19-43-24-34(41)26-45-38-17-15-32(21-28(38)3)40(36-13-9-7-11-30(36)23-31-12-8-10-14-37(31)40)33-16-18-39(29(4)22-33)46-27-35(42)25-44-20-6-2/h5-22,34-35,41-42H,23-27H2,1-4H3. The molecule has 0 aliphatic heterocycles. The maximum absolute atomic E-state index is 10.3. The van der Waals surface area contributed by atoms with E-state index in [2.05, 4.69) is 72.8 Å². The van der Waals surface area contributed by atoms with E-state index in [9.17, 15) is 10.2 Å². The molecule has 0 spiro atoms. The van der Waals surface area contributed by atoms with Gasteiger partial charge in [0.2, 0.25) is 0 Å². The van der Waals surface area contributed by atoms with Crippen LogP contribution in [0.15, 0.2) is 110 Å². The van der Waals surface area contributed by atoms with Crippen LogP contribution in [0.3, 0.4) is 0 Å². The fourth-order valence-corrected chi connectivity index (χ4v) is 6.30. The number of allylic oxidation sites excluding steroid dienone is 2. The van der Waals surface area contributed by atoms with E-state index in [0.29, 0.717) is 0 Å². The molecule has 4 aromatic carbocycles. The fraction of sp³-hybridized carbons (Fsp3) is 0.300. The van der Waals surface area contributed by atoms with E-state index in [1.807, 2.05) is 39.8 Å². The normalized spacial score (nSPS) is 14.8. The first-order chi connectivity index (χ1) is 22.4. The number of fused-ring (bicyclic) bond motifs is 2. The van der Waals surface area contributed by atoms with Crippen molar-refractivity contribution in [3.63, 3.8) is 0 Å². The number of aliphatic hydroxyl groups is 2. The maximum atomic E-state index is 10.3. The summed E-state index contributed by atoms with van der Waals surface area (Å²) < 4.78 is 22.7. The SMILES string of the molecule is CC=COCC(O)COc1ccc(C2(c3ccc(OCC(O)COC=CC)c(C)c3)c3ccccc3Cc3ccccc32)cc1C. The Morgan fingerprint density at radius 2 is 1.07 bits per heavy atom. The number of aryl methyl sites for hydroxylation is 2. The molecule has 46 heavy (non-hydrogen) atoms. The highest BCUT2D eigenvalue weighted by molar-refractivity contribution is 5.68. The lowest BCUT2D eigenvalue weighted by atomic mass is 9.59. The second kappa shape index (κ2) is 15.2. The lowest BCUT2D eigenvalue weighted by Crippen LogP contribution is -2.36. The van der Waals surface area contributed by atoms with Crippen molar-refractivity contribution >= 4 is 0 Å². The summed E-state index contributed by atoms with van der Waals surface area (Å²) in [6.07, 6.45) is 6.05. The maximum Gasteiger partial charge on any atom is 0.122 e. The first-order valence-corrected chi connectivity index (χ1v) is 15.8. The average molecular weight is 621 g/mol. The van der Waals surface area contributed by atoms with E-state index < -0.39 is 17.6 Å². The summed E-state index contributed by atoms with van der Waals surface area (Å²) in [5.74, 6) is 1.44. The minimum atomic E-state index is -0.746. The predicted octanol–water partition coefficient (Wildman–Crippen LogP) is 7.17. The lowest BCUT2D eigenvalue weighted by Gasteiger charge is -2.42. The zero-order valence-corrected chi connectivity index (χ0v) is 27.1.